The Kier molecular flexibility index (Phi) is 7.67. The smallest absolute Gasteiger partial charge is 0.328 e. The Balaban J connectivity index is 2.78. The minimum atomic E-state index is -0.653. The van der Waals surface area contributed by atoms with Gasteiger partial charge in [0, 0.05) is 14.5 Å². The van der Waals surface area contributed by atoms with Gasteiger partial charge < -0.3 is 10.1 Å². The lowest BCUT2D eigenvalue weighted by Gasteiger charge is -2.16. The highest BCUT2D eigenvalue weighted by Gasteiger charge is 2.21. The Morgan fingerprint density at radius 3 is 2.48 bits per heavy atom. The molecule has 1 rings (SSSR count). The SMILES string of the molecule is C=CCCC[C@@H](NC(=O)c1cc(Br)cc(Br)c1)C(=O)OC. The van der Waals surface area contributed by atoms with Crippen LogP contribution in [0.3, 0.4) is 0 Å². The number of allylic oxidation sites excluding steroid dienone is 1. The number of unbranched alkanes of at least 4 members (excludes halogenated alkanes) is 1. The first kappa shape index (κ1) is 17.9. The average molecular weight is 419 g/mol. The van der Waals surface area contributed by atoms with E-state index >= 15 is 0 Å². The molecule has 1 aromatic rings. The summed E-state index contributed by atoms with van der Waals surface area (Å²) in [6, 6.07) is 4.56. The molecule has 0 spiro atoms. The fourth-order valence-electron chi connectivity index (χ4n) is 1.78. The average Bonchev–Trinajstić information content (AvgIpc) is 2.44. The van der Waals surface area contributed by atoms with Crippen molar-refractivity contribution in [2.75, 3.05) is 7.11 Å². The fourth-order valence-corrected chi connectivity index (χ4v) is 3.08. The van der Waals surface area contributed by atoms with Gasteiger partial charge in [-0.05, 0) is 37.5 Å². The van der Waals surface area contributed by atoms with E-state index in [1.54, 1.807) is 18.2 Å². The molecule has 114 valence electrons. The van der Waals surface area contributed by atoms with Crippen LogP contribution in [0.15, 0.2) is 39.8 Å². The van der Waals surface area contributed by atoms with Crippen LogP contribution in [0.2, 0.25) is 0 Å². The lowest BCUT2D eigenvalue weighted by Crippen LogP contribution is -2.41. The van der Waals surface area contributed by atoms with Crippen LogP contribution in [0, 0.1) is 0 Å². The second kappa shape index (κ2) is 9.00. The fraction of sp³-hybridized carbons (Fsp3) is 0.333. The molecule has 0 saturated heterocycles. The number of rotatable bonds is 7. The molecular formula is C15H17Br2NO3. The zero-order valence-corrected chi connectivity index (χ0v) is 14.9. The molecule has 6 heteroatoms. The molecule has 0 aliphatic heterocycles. The van der Waals surface area contributed by atoms with Crippen LogP contribution in [0.1, 0.15) is 29.6 Å². The zero-order chi connectivity index (χ0) is 15.8. The Hall–Kier alpha value is -1.14. The molecule has 0 aliphatic rings. The van der Waals surface area contributed by atoms with Crippen LogP contribution >= 0.6 is 31.9 Å². The molecule has 21 heavy (non-hydrogen) atoms. The van der Waals surface area contributed by atoms with Crippen LogP contribution in [-0.4, -0.2) is 25.0 Å². The molecule has 0 aliphatic carbocycles. The zero-order valence-electron chi connectivity index (χ0n) is 11.7. The van der Waals surface area contributed by atoms with Crippen molar-refractivity contribution >= 4 is 43.7 Å². The molecule has 1 atom stereocenters. The van der Waals surface area contributed by atoms with Gasteiger partial charge >= 0.3 is 5.97 Å². The largest absolute Gasteiger partial charge is 0.467 e. The van der Waals surface area contributed by atoms with Crippen LogP contribution in [0.4, 0.5) is 0 Å². The van der Waals surface area contributed by atoms with E-state index in [1.807, 2.05) is 6.07 Å². The summed E-state index contributed by atoms with van der Waals surface area (Å²) in [6.45, 7) is 3.64. The monoisotopic (exact) mass is 417 g/mol. The summed E-state index contributed by atoms with van der Waals surface area (Å²) in [4.78, 5) is 24.0. The van der Waals surface area contributed by atoms with Gasteiger partial charge in [-0.25, -0.2) is 4.79 Å². The predicted octanol–water partition coefficient (Wildman–Crippen LogP) is 3.84. The number of amides is 1. The molecule has 0 aromatic heterocycles. The van der Waals surface area contributed by atoms with Crippen molar-refractivity contribution in [1.29, 1.82) is 0 Å². The maximum atomic E-state index is 12.2. The molecule has 0 saturated carbocycles. The number of hydrogen-bond donors (Lipinski definition) is 1. The molecule has 0 radical (unpaired) electrons. The molecule has 1 amide bonds. The summed E-state index contributed by atoms with van der Waals surface area (Å²) in [5.41, 5.74) is 0.467. The Bertz CT molecular complexity index is 511. The van der Waals surface area contributed by atoms with Gasteiger partial charge in [-0.15, -0.1) is 6.58 Å². The summed E-state index contributed by atoms with van der Waals surface area (Å²) in [5, 5.41) is 2.71. The van der Waals surface area contributed by atoms with E-state index in [-0.39, 0.29) is 5.91 Å². The summed E-state index contributed by atoms with van der Waals surface area (Å²) >= 11 is 6.66. The van der Waals surface area contributed by atoms with Crippen molar-refractivity contribution in [2.45, 2.75) is 25.3 Å². The van der Waals surface area contributed by atoms with Crippen LogP contribution in [0.5, 0.6) is 0 Å². The topological polar surface area (TPSA) is 55.4 Å². The number of halogens is 2. The maximum absolute atomic E-state index is 12.2. The molecule has 1 N–H and O–H groups in total. The van der Waals surface area contributed by atoms with Crippen molar-refractivity contribution in [1.82, 2.24) is 5.32 Å². The van der Waals surface area contributed by atoms with Crippen molar-refractivity contribution in [3.05, 3.63) is 45.4 Å². The van der Waals surface area contributed by atoms with Crippen LogP contribution in [-0.2, 0) is 9.53 Å². The first-order valence-corrected chi connectivity index (χ1v) is 8.02. The predicted molar refractivity (Wildman–Crippen MR) is 89.2 cm³/mol. The molecule has 4 nitrogen and oxygen atoms in total. The van der Waals surface area contributed by atoms with E-state index in [2.05, 4.69) is 43.8 Å². The number of carbonyl (C=O) groups excluding carboxylic acids is 2. The van der Waals surface area contributed by atoms with Gasteiger partial charge in [-0.1, -0.05) is 37.9 Å². The van der Waals surface area contributed by atoms with E-state index in [0.29, 0.717) is 12.0 Å². The number of nitrogens with one attached hydrogen (secondary N) is 1. The van der Waals surface area contributed by atoms with Gasteiger partial charge in [0.05, 0.1) is 7.11 Å². The molecule has 0 bridgehead atoms. The summed E-state index contributed by atoms with van der Waals surface area (Å²) in [7, 11) is 1.31. The van der Waals surface area contributed by atoms with Gasteiger partial charge in [0.15, 0.2) is 0 Å². The second-order valence-corrected chi connectivity index (χ2v) is 6.26. The summed E-state index contributed by atoms with van der Waals surface area (Å²) in [5.74, 6) is -0.757. The first-order chi connectivity index (χ1) is 9.97. The Morgan fingerprint density at radius 1 is 1.33 bits per heavy atom. The lowest BCUT2D eigenvalue weighted by molar-refractivity contribution is -0.143. The number of benzene rings is 1. The minimum Gasteiger partial charge on any atom is -0.467 e. The highest BCUT2D eigenvalue weighted by Crippen LogP contribution is 2.20. The van der Waals surface area contributed by atoms with E-state index in [4.69, 9.17) is 4.74 Å². The van der Waals surface area contributed by atoms with Crippen molar-refractivity contribution in [2.24, 2.45) is 0 Å². The Morgan fingerprint density at radius 2 is 1.95 bits per heavy atom. The van der Waals surface area contributed by atoms with Gasteiger partial charge in [-0.3, -0.25) is 4.79 Å². The number of esters is 1. The minimum absolute atomic E-state index is 0.314. The van der Waals surface area contributed by atoms with Gasteiger partial charge in [0.2, 0.25) is 0 Å². The normalized spacial score (nSPS) is 11.6. The lowest BCUT2D eigenvalue weighted by atomic mass is 10.1. The van der Waals surface area contributed by atoms with Crippen LogP contribution in [0.25, 0.3) is 0 Å². The number of methoxy groups -OCH3 is 1. The third-order valence-electron chi connectivity index (χ3n) is 2.82. The molecular weight excluding hydrogens is 402 g/mol. The molecule has 0 fully saturated rings. The van der Waals surface area contributed by atoms with E-state index in [1.165, 1.54) is 7.11 Å². The number of ether oxygens (including phenoxy) is 1. The first-order valence-electron chi connectivity index (χ1n) is 6.43. The van der Waals surface area contributed by atoms with Crippen LogP contribution < -0.4 is 5.32 Å². The quantitative estimate of drug-likeness (QED) is 0.415. The summed E-state index contributed by atoms with van der Waals surface area (Å²) in [6.07, 6.45) is 3.83. The molecule has 0 heterocycles. The number of carbonyl (C=O) groups is 2. The molecule has 0 unspecified atom stereocenters. The van der Waals surface area contributed by atoms with Crippen molar-refractivity contribution in [3.8, 4) is 0 Å². The Labute approximate surface area is 141 Å². The number of hydrogen-bond acceptors (Lipinski definition) is 3. The van der Waals surface area contributed by atoms with Crippen molar-refractivity contribution in [3.63, 3.8) is 0 Å². The third kappa shape index (κ3) is 6.01. The third-order valence-corrected chi connectivity index (χ3v) is 3.73. The van der Waals surface area contributed by atoms with E-state index < -0.39 is 12.0 Å². The highest BCUT2D eigenvalue weighted by molar-refractivity contribution is 9.11. The highest BCUT2D eigenvalue weighted by atomic mass is 79.9. The van der Waals surface area contributed by atoms with Gasteiger partial charge in [-0.2, -0.15) is 0 Å². The van der Waals surface area contributed by atoms with Crippen molar-refractivity contribution < 1.29 is 14.3 Å². The summed E-state index contributed by atoms with van der Waals surface area (Å²) < 4.78 is 6.29. The van der Waals surface area contributed by atoms with E-state index in [9.17, 15) is 9.59 Å². The van der Waals surface area contributed by atoms with Gasteiger partial charge in [0.1, 0.15) is 6.04 Å². The van der Waals surface area contributed by atoms with Gasteiger partial charge in [0.25, 0.3) is 5.91 Å². The standard InChI is InChI=1S/C15H17Br2NO3/c1-3-4-5-6-13(15(20)21-2)18-14(19)10-7-11(16)9-12(17)8-10/h3,7-9,13H,1,4-6H2,2H3,(H,18,19)/t13-/m1/s1. The maximum Gasteiger partial charge on any atom is 0.328 e. The molecule has 1 aromatic carbocycles. The van der Waals surface area contributed by atoms with E-state index in [0.717, 1.165) is 21.8 Å². The second-order valence-electron chi connectivity index (χ2n) is 4.43.